The smallest absolute Gasteiger partial charge is 0.322 e. The predicted octanol–water partition coefficient (Wildman–Crippen LogP) is 2.34. The fraction of sp³-hybridized carbons (Fsp3) is 0.105. The minimum absolute atomic E-state index is 0.141. The highest BCUT2D eigenvalue weighted by molar-refractivity contribution is 6.30. The van der Waals surface area contributed by atoms with Crippen LogP contribution in [0, 0.1) is 6.92 Å². The molecule has 0 atom stereocenters. The average Bonchev–Trinajstić information content (AvgIpc) is 2.68. The Morgan fingerprint density at radius 1 is 1.07 bits per heavy atom. The van der Waals surface area contributed by atoms with Crippen LogP contribution in [0.25, 0.3) is 10.9 Å². The SMILES string of the molecule is Cc1nc(C(=O)NCC(=O)O)c(O)c2ccc(C(=O)c3ccc(Cl)cc3)nc12. The van der Waals surface area contributed by atoms with Crippen molar-refractivity contribution in [2.45, 2.75) is 6.92 Å². The molecule has 9 heteroatoms. The van der Waals surface area contributed by atoms with Crippen LogP contribution in [-0.2, 0) is 4.79 Å². The highest BCUT2D eigenvalue weighted by Gasteiger charge is 2.20. The van der Waals surface area contributed by atoms with Gasteiger partial charge in [0.05, 0.1) is 11.2 Å². The number of nitrogens with one attached hydrogen (secondary N) is 1. The summed E-state index contributed by atoms with van der Waals surface area (Å²) in [5.74, 6) is -2.83. The molecule has 28 heavy (non-hydrogen) atoms. The summed E-state index contributed by atoms with van der Waals surface area (Å²) in [5, 5.41) is 21.9. The molecule has 0 aliphatic carbocycles. The Labute approximate surface area is 163 Å². The molecule has 0 fully saturated rings. The fourth-order valence-corrected chi connectivity index (χ4v) is 2.73. The van der Waals surface area contributed by atoms with E-state index in [-0.39, 0.29) is 28.1 Å². The molecule has 3 N–H and O–H groups in total. The number of nitrogens with zero attached hydrogens (tertiary/aromatic N) is 2. The third kappa shape index (κ3) is 3.77. The van der Waals surface area contributed by atoms with Gasteiger partial charge >= 0.3 is 5.97 Å². The van der Waals surface area contributed by atoms with Gasteiger partial charge in [0.25, 0.3) is 5.91 Å². The van der Waals surface area contributed by atoms with Crippen LogP contribution < -0.4 is 5.32 Å². The molecule has 3 aromatic rings. The van der Waals surface area contributed by atoms with E-state index in [1.54, 1.807) is 31.2 Å². The molecule has 0 spiro atoms. The van der Waals surface area contributed by atoms with Gasteiger partial charge in [-0.1, -0.05) is 11.6 Å². The van der Waals surface area contributed by atoms with Crippen LogP contribution in [0.1, 0.15) is 32.2 Å². The fourth-order valence-electron chi connectivity index (χ4n) is 2.60. The normalized spacial score (nSPS) is 10.6. The number of carbonyl (C=O) groups is 3. The molecule has 0 saturated carbocycles. The first-order chi connectivity index (χ1) is 13.3. The second-order valence-electron chi connectivity index (χ2n) is 5.90. The lowest BCUT2D eigenvalue weighted by molar-refractivity contribution is -0.135. The van der Waals surface area contributed by atoms with Crippen LogP contribution in [0.2, 0.25) is 5.02 Å². The number of amides is 1. The molecule has 0 radical (unpaired) electrons. The summed E-state index contributed by atoms with van der Waals surface area (Å²) in [6, 6.07) is 9.23. The van der Waals surface area contributed by atoms with Gasteiger partial charge in [0, 0.05) is 16.0 Å². The number of rotatable bonds is 5. The largest absolute Gasteiger partial charge is 0.505 e. The van der Waals surface area contributed by atoms with E-state index in [0.29, 0.717) is 16.3 Å². The number of carbonyl (C=O) groups excluding carboxylic acids is 2. The van der Waals surface area contributed by atoms with Crippen molar-refractivity contribution in [3.05, 3.63) is 64.1 Å². The molecular formula is C19H14ClN3O5. The van der Waals surface area contributed by atoms with Crippen molar-refractivity contribution in [1.82, 2.24) is 15.3 Å². The lowest BCUT2D eigenvalue weighted by Crippen LogP contribution is -2.30. The van der Waals surface area contributed by atoms with E-state index < -0.39 is 24.2 Å². The number of ketones is 1. The Bertz CT molecular complexity index is 1110. The lowest BCUT2D eigenvalue weighted by atomic mass is 10.1. The van der Waals surface area contributed by atoms with Crippen LogP contribution in [-0.4, -0.2) is 44.4 Å². The number of aryl methyl sites for hydroxylation is 1. The monoisotopic (exact) mass is 399 g/mol. The molecule has 3 rings (SSSR count). The van der Waals surface area contributed by atoms with E-state index in [1.807, 2.05) is 0 Å². The molecule has 0 aliphatic heterocycles. The maximum atomic E-state index is 12.6. The highest BCUT2D eigenvalue weighted by Crippen LogP contribution is 2.29. The minimum atomic E-state index is -1.22. The number of carboxylic acid groups (broad SMARTS) is 1. The summed E-state index contributed by atoms with van der Waals surface area (Å²) in [5.41, 5.74) is 0.786. The first kappa shape index (κ1) is 19.2. The van der Waals surface area contributed by atoms with Crippen LogP contribution in [0.5, 0.6) is 5.75 Å². The van der Waals surface area contributed by atoms with Crippen molar-refractivity contribution in [3.63, 3.8) is 0 Å². The van der Waals surface area contributed by atoms with Gasteiger partial charge in [-0.25, -0.2) is 9.97 Å². The van der Waals surface area contributed by atoms with Gasteiger partial charge < -0.3 is 15.5 Å². The molecule has 1 amide bonds. The first-order valence-corrected chi connectivity index (χ1v) is 8.46. The summed E-state index contributed by atoms with van der Waals surface area (Å²) in [6.45, 7) is 0.961. The van der Waals surface area contributed by atoms with E-state index in [9.17, 15) is 19.5 Å². The van der Waals surface area contributed by atoms with E-state index in [0.717, 1.165) is 0 Å². The third-order valence-electron chi connectivity index (χ3n) is 3.95. The number of pyridine rings is 2. The van der Waals surface area contributed by atoms with Crippen molar-refractivity contribution in [3.8, 4) is 5.75 Å². The van der Waals surface area contributed by atoms with Gasteiger partial charge in [-0.2, -0.15) is 0 Å². The molecule has 0 aliphatic rings. The average molecular weight is 400 g/mol. The molecule has 142 valence electrons. The van der Waals surface area contributed by atoms with Crippen LogP contribution >= 0.6 is 11.6 Å². The number of aromatic nitrogens is 2. The maximum Gasteiger partial charge on any atom is 0.322 e. The Hall–Kier alpha value is -3.52. The van der Waals surface area contributed by atoms with Gasteiger partial charge in [-0.3, -0.25) is 14.4 Å². The quantitative estimate of drug-likeness (QED) is 0.561. The topological polar surface area (TPSA) is 129 Å². The van der Waals surface area contributed by atoms with Gasteiger partial charge in [0.15, 0.2) is 11.4 Å². The zero-order chi connectivity index (χ0) is 20.4. The van der Waals surface area contributed by atoms with Crippen molar-refractivity contribution < 1.29 is 24.6 Å². The molecule has 1 aromatic carbocycles. The van der Waals surface area contributed by atoms with E-state index in [4.69, 9.17) is 16.7 Å². The van der Waals surface area contributed by atoms with Crippen molar-refractivity contribution >= 4 is 40.2 Å². The second-order valence-corrected chi connectivity index (χ2v) is 6.34. The number of halogens is 1. The Balaban J connectivity index is 2.01. The number of carboxylic acids is 1. The number of fused-ring (bicyclic) bond motifs is 1. The van der Waals surface area contributed by atoms with Gasteiger partial charge in [-0.05, 0) is 43.3 Å². The molecular weight excluding hydrogens is 386 g/mol. The zero-order valence-corrected chi connectivity index (χ0v) is 15.3. The molecule has 2 heterocycles. The van der Waals surface area contributed by atoms with Crippen LogP contribution in [0.15, 0.2) is 36.4 Å². The van der Waals surface area contributed by atoms with E-state index >= 15 is 0 Å². The molecule has 0 bridgehead atoms. The number of benzene rings is 1. The van der Waals surface area contributed by atoms with Crippen molar-refractivity contribution in [2.75, 3.05) is 6.54 Å². The van der Waals surface area contributed by atoms with E-state index in [2.05, 4.69) is 15.3 Å². The first-order valence-electron chi connectivity index (χ1n) is 8.08. The van der Waals surface area contributed by atoms with Gasteiger partial charge in [0.1, 0.15) is 12.2 Å². The molecule has 2 aromatic heterocycles. The molecule has 8 nitrogen and oxygen atoms in total. The Morgan fingerprint density at radius 2 is 1.75 bits per heavy atom. The van der Waals surface area contributed by atoms with Crippen LogP contribution in [0.3, 0.4) is 0 Å². The number of aliphatic carboxylic acids is 1. The van der Waals surface area contributed by atoms with Crippen LogP contribution in [0.4, 0.5) is 0 Å². The standard InChI is InChI=1S/C19H14ClN3O5/c1-9-15-12(18(27)16(22-9)19(28)21-8-14(24)25)6-7-13(23-15)17(26)10-2-4-11(20)5-3-10/h2-7,27H,8H2,1H3,(H,21,28)(H,24,25). The Kier molecular flexibility index (Phi) is 5.23. The summed E-state index contributed by atoms with van der Waals surface area (Å²) in [4.78, 5) is 43.6. The van der Waals surface area contributed by atoms with E-state index in [1.165, 1.54) is 12.1 Å². The zero-order valence-electron chi connectivity index (χ0n) is 14.6. The van der Waals surface area contributed by atoms with Crippen molar-refractivity contribution in [2.24, 2.45) is 0 Å². The number of hydrogen-bond acceptors (Lipinski definition) is 6. The predicted molar refractivity (Wildman–Crippen MR) is 101 cm³/mol. The summed E-state index contributed by atoms with van der Waals surface area (Å²) in [7, 11) is 0. The maximum absolute atomic E-state index is 12.6. The second kappa shape index (κ2) is 7.61. The number of aromatic hydroxyl groups is 1. The summed E-state index contributed by atoms with van der Waals surface area (Å²) >= 11 is 5.83. The van der Waals surface area contributed by atoms with Crippen molar-refractivity contribution in [1.29, 1.82) is 0 Å². The third-order valence-corrected chi connectivity index (χ3v) is 4.20. The minimum Gasteiger partial charge on any atom is -0.505 e. The summed E-state index contributed by atoms with van der Waals surface area (Å²) < 4.78 is 0. The van der Waals surface area contributed by atoms with Gasteiger partial charge in [0.2, 0.25) is 5.78 Å². The van der Waals surface area contributed by atoms with Gasteiger partial charge in [-0.15, -0.1) is 0 Å². The molecule has 0 unspecified atom stereocenters. The highest BCUT2D eigenvalue weighted by atomic mass is 35.5. The lowest BCUT2D eigenvalue weighted by Gasteiger charge is -2.10. The summed E-state index contributed by atoms with van der Waals surface area (Å²) in [6.07, 6.45) is 0. The Morgan fingerprint density at radius 3 is 2.39 bits per heavy atom. The number of hydrogen-bond donors (Lipinski definition) is 3. The molecule has 0 saturated heterocycles.